The van der Waals surface area contributed by atoms with Crippen molar-refractivity contribution in [1.82, 2.24) is 4.57 Å². The highest BCUT2D eigenvalue weighted by Crippen LogP contribution is 2.19. The van der Waals surface area contributed by atoms with Crippen LogP contribution in [-0.2, 0) is 23.0 Å². The lowest BCUT2D eigenvalue weighted by Gasteiger charge is -2.01. The normalized spacial score (nSPS) is 9.73. The molecule has 0 saturated carbocycles. The molecule has 0 saturated heterocycles. The fourth-order valence-corrected chi connectivity index (χ4v) is 2.17. The van der Waals surface area contributed by atoms with E-state index in [4.69, 9.17) is 10.00 Å². The number of carbonyl (C=O) groups excluding carboxylic acids is 1. The summed E-state index contributed by atoms with van der Waals surface area (Å²) < 4.78 is 7.48. The molecule has 1 heterocycles. The number of nitrogens with zero attached hydrogens (tertiary/aromatic N) is 2. The van der Waals surface area contributed by atoms with Crippen LogP contribution in [0.1, 0.15) is 18.2 Å². The van der Waals surface area contributed by atoms with Crippen LogP contribution in [0.25, 0.3) is 0 Å². The SMILES string of the molecule is CCOC(=O)Cc1c(I)cn(C)c1C#N. The molecule has 0 aliphatic heterocycles. The summed E-state index contributed by atoms with van der Waals surface area (Å²) in [6.45, 7) is 2.13. The summed E-state index contributed by atoms with van der Waals surface area (Å²) in [6.07, 6.45) is 1.99. The Hall–Kier alpha value is -1.03. The van der Waals surface area contributed by atoms with Gasteiger partial charge in [-0.15, -0.1) is 0 Å². The van der Waals surface area contributed by atoms with Gasteiger partial charge in [0.25, 0.3) is 0 Å². The van der Waals surface area contributed by atoms with Gasteiger partial charge in [-0.05, 0) is 29.5 Å². The van der Waals surface area contributed by atoms with E-state index in [1.54, 1.807) is 18.5 Å². The van der Waals surface area contributed by atoms with Gasteiger partial charge in [-0.1, -0.05) is 0 Å². The van der Waals surface area contributed by atoms with Crippen LogP contribution in [0.3, 0.4) is 0 Å². The third-order valence-corrected chi connectivity index (χ3v) is 2.90. The van der Waals surface area contributed by atoms with E-state index >= 15 is 0 Å². The molecule has 0 aromatic carbocycles. The second-order valence-corrected chi connectivity index (χ2v) is 4.17. The standard InChI is InChI=1S/C10H11IN2O2/c1-3-15-10(14)4-7-8(11)6-13(2)9(7)5-12/h6H,3-4H2,1-2H3. The zero-order valence-corrected chi connectivity index (χ0v) is 10.7. The minimum atomic E-state index is -0.293. The molecule has 0 aliphatic rings. The number of aryl methyl sites for hydroxylation is 1. The predicted octanol–water partition coefficient (Wildman–Crippen LogP) is 1.61. The van der Waals surface area contributed by atoms with Gasteiger partial charge in [0.2, 0.25) is 0 Å². The monoisotopic (exact) mass is 318 g/mol. The third-order valence-electron chi connectivity index (χ3n) is 1.97. The van der Waals surface area contributed by atoms with Gasteiger partial charge in [0.05, 0.1) is 13.0 Å². The molecule has 1 aromatic heterocycles. The lowest BCUT2D eigenvalue weighted by Crippen LogP contribution is -2.09. The summed E-state index contributed by atoms with van der Waals surface area (Å²) in [4.78, 5) is 11.3. The highest BCUT2D eigenvalue weighted by molar-refractivity contribution is 14.1. The summed E-state index contributed by atoms with van der Waals surface area (Å²) >= 11 is 2.11. The maximum Gasteiger partial charge on any atom is 0.310 e. The van der Waals surface area contributed by atoms with Gasteiger partial charge in [0, 0.05) is 22.4 Å². The highest BCUT2D eigenvalue weighted by Gasteiger charge is 2.15. The summed E-state index contributed by atoms with van der Waals surface area (Å²) in [5.74, 6) is -0.293. The molecule has 1 rings (SSSR count). The number of halogens is 1. The average molecular weight is 318 g/mol. The first kappa shape index (κ1) is 12.0. The minimum absolute atomic E-state index is 0.163. The van der Waals surface area contributed by atoms with Gasteiger partial charge in [0.1, 0.15) is 11.8 Å². The van der Waals surface area contributed by atoms with Crippen molar-refractivity contribution in [2.75, 3.05) is 6.61 Å². The summed E-state index contributed by atoms with van der Waals surface area (Å²) in [6, 6.07) is 2.08. The lowest BCUT2D eigenvalue weighted by molar-refractivity contribution is -0.142. The maximum absolute atomic E-state index is 11.3. The second-order valence-electron chi connectivity index (χ2n) is 3.01. The number of rotatable bonds is 3. The van der Waals surface area contributed by atoms with Gasteiger partial charge in [0.15, 0.2) is 0 Å². The molecule has 1 aromatic rings. The van der Waals surface area contributed by atoms with Crippen LogP contribution in [-0.4, -0.2) is 17.1 Å². The first-order valence-electron chi connectivity index (χ1n) is 4.49. The van der Waals surface area contributed by atoms with E-state index in [0.29, 0.717) is 12.3 Å². The van der Waals surface area contributed by atoms with E-state index in [2.05, 4.69) is 28.7 Å². The zero-order chi connectivity index (χ0) is 11.4. The van der Waals surface area contributed by atoms with Crippen molar-refractivity contribution in [2.45, 2.75) is 13.3 Å². The maximum atomic E-state index is 11.3. The van der Waals surface area contributed by atoms with Crippen LogP contribution in [0.15, 0.2) is 6.20 Å². The van der Waals surface area contributed by atoms with Gasteiger partial charge >= 0.3 is 5.97 Å². The van der Waals surface area contributed by atoms with Crippen LogP contribution >= 0.6 is 22.6 Å². The van der Waals surface area contributed by atoms with Crippen molar-refractivity contribution >= 4 is 28.6 Å². The fraction of sp³-hybridized carbons (Fsp3) is 0.400. The van der Waals surface area contributed by atoms with Gasteiger partial charge < -0.3 is 9.30 Å². The molecule has 0 bridgehead atoms. The number of esters is 1. The number of nitriles is 1. The molecule has 0 amide bonds. The molecule has 0 fully saturated rings. The Morgan fingerprint density at radius 3 is 2.93 bits per heavy atom. The molecule has 0 N–H and O–H groups in total. The van der Waals surface area contributed by atoms with Crippen molar-refractivity contribution in [1.29, 1.82) is 5.26 Å². The molecule has 0 radical (unpaired) electrons. The number of aromatic nitrogens is 1. The Bertz CT molecular complexity index is 418. The molecular formula is C10H11IN2O2. The lowest BCUT2D eigenvalue weighted by atomic mass is 10.2. The van der Waals surface area contributed by atoms with Crippen molar-refractivity contribution in [3.63, 3.8) is 0 Å². The smallest absolute Gasteiger partial charge is 0.310 e. The molecular weight excluding hydrogens is 307 g/mol. The molecule has 4 nitrogen and oxygen atoms in total. The Kier molecular flexibility index (Phi) is 4.15. The number of ether oxygens (including phenoxy) is 1. The Balaban J connectivity index is 2.94. The largest absolute Gasteiger partial charge is 0.466 e. The predicted molar refractivity (Wildman–Crippen MR) is 63.2 cm³/mol. The topological polar surface area (TPSA) is 55.0 Å². The number of carbonyl (C=O) groups is 1. The fourth-order valence-electron chi connectivity index (χ4n) is 1.31. The van der Waals surface area contributed by atoms with Crippen LogP contribution < -0.4 is 0 Å². The summed E-state index contributed by atoms with van der Waals surface area (Å²) in [5, 5.41) is 8.93. The van der Waals surface area contributed by atoms with Crippen LogP contribution in [0, 0.1) is 14.9 Å². The molecule has 80 valence electrons. The Labute approximate surface area is 102 Å². The average Bonchev–Trinajstić information content (AvgIpc) is 2.42. The van der Waals surface area contributed by atoms with Crippen molar-refractivity contribution in [3.8, 4) is 6.07 Å². The van der Waals surface area contributed by atoms with E-state index in [1.165, 1.54) is 0 Å². The summed E-state index contributed by atoms with van der Waals surface area (Å²) in [5.41, 5.74) is 1.27. The van der Waals surface area contributed by atoms with Crippen LogP contribution in [0.5, 0.6) is 0 Å². The molecule has 5 heteroatoms. The number of hydrogen-bond donors (Lipinski definition) is 0. The second kappa shape index (κ2) is 5.16. The number of hydrogen-bond acceptors (Lipinski definition) is 3. The van der Waals surface area contributed by atoms with E-state index in [9.17, 15) is 4.79 Å². The Morgan fingerprint density at radius 1 is 1.73 bits per heavy atom. The van der Waals surface area contributed by atoms with E-state index in [0.717, 1.165) is 9.13 Å². The first-order chi connectivity index (χ1) is 7.10. The van der Waals surface area contributed by atoms with Crippen LogP contribution in [0.2, 0.25) is 0 Å². The molecule has 0 atom stereocenters. The van der Waals surface area contributed by atoms with Crippen molar-refractivity contribution < 1.29 is 9.53 Å². The zero-order valence-electron chi connectivity index (χ0n) is 8.58. The van der Waals surface area contributed by atoms with Gasteiger partial charge in [-0.2, -0.15) is 5.26 Å². The first-order valence-corrected chi connectivity index (χ1v) is 5.57. The third kappa shape index (κ3) is 2.72. The van der Waals surface area contributed by atoms with Crippen molar-refractivity contribution in [3.05, 3.63) is 21.0 Å². The van der Waals surface area contributed by atoms with Gasteiger partial charge in [-0.3, -0.25) is 4.79 Å². The van der Waals surface area contributed by atoms with Crippen LogP contribution in [0.4, 0.5) is 0 Å². The quantitative estimate of drug-likeness (QED) is 0.628. The van der Waals surface area contributed by atoms with E-state index < -0.39 is 0 Å². The highest BCUT2D eigenvalue weighted by atomic mass is 127. The van der Waals surface area contributed by atoms with E-state index in [1.807, 2.05) is 6.20 Å². The molecule has 15 heavy (non-hydrogen) atoms. The summed E-state index contributed by atoms with van der Waals surface area (Å²) in [7, 11) is 1.79. The van der Waals surface area contributed by atoms with E-state index in [-0.39, 0.29) is 12.4 Å². The minimum Gasteiger partial charge on any atom is -0.466 e. The Morgan fingerprint density at radius 2 is 2.40 bits per heavy atom. The van der Waals surface area contributed by atoms with Crippen molar-refractivity contribution in [2.24, 2.45) is 7.05 Å². The molecule has 0 spiro atoms. The molecule has 0 aliphatic carbocycles. The van der Waals surface area contributed by atoms with Gasteiger partial charge in [-0.25, -0.2) is 0 Å². The molecule has 0 unspecified atom stereocenters.